The molecule has 0 aromatic carbocycles. The van der Waals surface area contributed by atoms with Crippen LogP contribution in [0.15, 0.2) is 34.2 Å². The maximum absolute atomic E-state index is 5.28. The third kappa shape index (κ3) is 3.14. The van der Waals surface area contributed by atoms with Crippen LogP contribution in [0.1, 0.15) is 49.8 Å². The predicted molar refractivity (Wildman–Crippen MR) is 107 cm³/mol. The zero-order chi connectivity index (χ0) is 18.1. The van der Waals surface area contributed by atoms with Crippen molar-refractivity contribution in [2.45, 2.75) is 46.5 Å². The molecule has 3 aromatic heterocycles. The summed E-state index contributed by atoms with van der Waals surface area (Å²) in [6.07, 6.45) is 9.60. The summed E-state index contributed by atoms with van der Waals surface area (Å²) in [6, 6.07) is 3.71. The van der Waals surface area contributed by atoms with Gasteiger partial charge in [0.25, 0.3) is 0 Å². The Hall–Kier alpha value is -2.21. The van der Waals surface area contributed by atoms with Crippen molar-refractivity contribution in [2.24, 2.45) is 16.4 Å². The van der Waals surface area contributed by atoms with Crippen LogP contribution in [-0.4, -0.2) is 16.2 Å². The summed E-state index contributed by atoms with van der Waals surface area (Å²) >= 11 is 1.80. The van der Waals surface area contributed by atoms with Crippen LogP contribution in [0.4, 0.5) is 5.82 Å². The van der Waals surface area contributed by atoms with E-state index in [0.29, 0.717) is 17.1 Å². The van der Waals surface area contributed by atoms with Gasteiger partial charge in [-0.3, -0.25) is 5.43 Å². The van der Waals surface area contributed by atoms with Crippen molar-refractivity contribution in [1.82, 2.24) is 9.97 Å². The van der Waals surface area contributed by atoms with E-state index in [1.54, 1.807) is 30.1 Å². The molecule has 0 saturated carbocycles. The molecule has 0 radical (unpaired) electrons. The molecule has 0 saturated heterocycles. The minimum Gasteiger partial charge on any atom is -0.463 e. The molecular weight excluding hydrogens is 344 g/mol. The third-order valence-electron chi connectivity index (χ3n) is 5.76. The molecule has 1 aliphatic rings. The van der Waals surface area contributed by atoms with Crippen LogP contribution in [0.3, 0.4) is 0 Å². The van der Waals surface area contributed by atoms with E-state index in [-0.39, 0.29) is 0 Å². The van der Waals surface area contributed by atoms with Crippen LogP contribution in [0.25, 0.3) is 10.2 Å². The van der Waals surface area contributed by atoms with Gasteiger partial charge in [-0.1, -0.05) is 27.2 Å². The number of hydrazone groups is 1. The van der Waals surface area contributed by atoms with Crippen LogP contribution < -0.4 is 5.43 Å². The molecule has 0 amide bonds. The smallest absolute Gasteiger partial charge is 0.158 e. The maximum atomic E-state index is 5.28. The van der Waals surface area contributed by atoms with Gasteiger partial charge in [0.2, 0.25) is 0 Å². The number of thiophene rings is 1. The first-order valence-electron chi connectivity index (χ1n) is 9.16. The average Bonchev–Trinajstić information content (AvgIpc) is 3.28. The van der Waals surface area contributed by atoms with Gasteiger partial charge in [0.1, 0.15) is 16.9 Å². The number of fused-ring (bicyclic) bond motifs is 3. The highest BCUT2D eigenvalue weighted by atomic mass is 32.1. The lowest BCUT2D eigenvalue weighted by Gasteiger charge is -2.36. The number of hydrogen-bond donors (Lipinski definition) is 1. The van der Waals surface area contributed by atoms with Crippen molar-refractivity contribution in [3.8, 4) is 0 Å². The van der Waals surface area contributed by atoms with E-state index in [9.17, 15) is 0 Å². The van der Waals surface area contributed by atoms with Gasteiger partial charge in [0.05, 0.1) is 17.9 Å². The molecule has 0 fully saturated rings. The van der Waals surface area contributed by atoms with Gasteiger partial charge < -0.3 is 4.42 Å². The van der Waals surface area contributed by atoms with E-state index in [0.717, 1.165) is 28.9 Å². The molecule has 0 spiro atoms. The molecule has 1 aliphatic carbocycles. The normalized spacial score (nSPS) is 17.7. The number of aryl methyl sites for hydroxylation is 1. The van der Waals surface area contributed by atoms with Crippen molar-refractivity contribution in [3.05, 3.63) is 40.9 Å². The Morgan fingerprint density at radius 2 is 2.31 bits per heavy atom. The molecule has 1 unspecified atom stereocenters. The number of anilines is 1. The van der Waals surface area contributed by atoms with E-state index >= 15 is 0 Å². The van der Waals surface area contributed by atoms with Gasteiger partial charge >= 0.3 is 0 Å². The molecule has 0 aliphatic heterocycles. The third-order valence-corrected chi connectivity index (χ3v) is 6.96. The molecule has 3 aromatic rings. The number of nitrogens with one attached hydrogen (secondary N) is 1. The van der Waals surface area contributed by atoms with Gasteiger partial charge in [-0.2, -0.15) is 5.10 Å². The number of rotatable bonds is 5. The SMILES string of the molecule is CCC(C)(C)C1CCc2sc3ncnc(N/N=C\c4ccco4)c3c2C1. The second-order valence-corrected chi connectivity index (χ2v) is 8.66. The first-order valence-corrected chi connectivity index (χ1v) is 9.98. The Bertz CT molecular complexity index is 927. The summed E-state index contributed by atoms with van der Waals surface area (Å²) in [5.41, 5.74) is 4.86. The molecule has 1 atom stereocenters. The molecule has 1 N–H and O–H groups in total. The number of aromatic nitrogens is 2. The summed E-state index contributed by atoms with van der Waals surface area (Å²) in [7, 11) is 0. The minimum absolute atomic E-state index is 0.354. The Balaban J connectivity index is 1.67. The Labute approximate surface area is 157 Å². The van der Waals surface area contributed by atoms with E-state index in [1.165, 1.54) is 23.3 Å². The van der Waals surface area contributed by atoms with Crippen LogP contribution in [-0.2, 0) is 12.8 Å². The Morgan fingerprint density at radius 1 is 1.42 bits per heavy atom. The first kappa shape index (κ1) is 17.2. The summed E-state index contributed by atoms with van der Waals surface area (Å²) in [6.45, 7) is 7.07. The largest absolute Gasteiger partial charge is 0.463 e. The van der Waals surface area contributed by atoms with Crippen molar-refractivity contribution < 1.29 is 4.42 Å². The second-order valence-electron chi connectivity index (χ2n) is 7.57. The van der Waals surface area contributed by atoms with Gasteiger partial charge in [-0.15, -0.1) is 11.3 Å². The van der Waals surface area contributed by atoms with Gasteiger partial charge in [-0.05, 0) is 48.3 Å². The summed E-state index contributed by atoms with van der Waals surface area (Å²) in [4.78, 5) is 11.5. The lowest BCUT2D eigenvalue weighted by molar-refractivity contribution is 0.184. The fraction of sp³-hybridized carbons (Fsp3) is 0.450. The molecular formula is C20H24N4OS. The predicted octanol–water partition coefficient (Wildman–Crippen LogP) is 5.27. The summed E-state index contributed by atoms with van der Waals surface area (Å²) < 4.78 is 5.28. The fourth-order valence-electron chi connectivity index (χ4n) is 3.67. The van der Waals surface area contributed by atoms with E-state index in [1.807, 2.05) is 12.1 Å². The van der Waals surface area contributed by atoms with Gasteiger partial charge in [0, 0.05) is 4.88 Å². The number of furan rings is 1. The highest BCUT2D eigenvalue weighted by Crippen LogP contribution is 2.45. The Morgan fingerprint density at radius 3 is 3.08 bits per heavy atom. The van der Waals surface area contributed by atoms with Crippen LogP contribution in [0.5, 0.6) is 0 Å². The van der Waals surface area contributed by atoms with Crippen LogP contribution >= 0.6 is 11.3 Å². The quantitative estimate of drug-likeness (QED) is 0.492. The lowest BCUT2D eigenvalue weighted by atomic mass is 9.69. The molecule has 3 heterocycles. The summed E-state index contributed by atoms with van der Waals surface area (Å²) in [5.74, 6) is 2.18. The zero-order valence-electron chi connectivity index (χ0n) is 15.5. The molecule has 0 bridgehead atoms. The standard InChI is InChI=1S/C20H24N4OS/c1-4-20(2,3)13-7-8-16-15(10-13)17-18(21-12-22-19(17)26-16)24-23-11-14-6-5-9-25-14/h5-6,9,11-13H,4,7-8,10H2,1-3H3,(H,21,22,24)/b23-11-. The van der Waals surface area contributed by atoms with E-state index in [4.69, 9.17) is 4.42 Å². The van der Waals surface area contributed by atoms with Crippen molar-refractivity contribution in [3.63, 3.8) is 0 Å². The molecule has 136 valence electrons. The second kappa shape index (κ2) is 6.83. The molecule has 6 heteroatoms. The zero-order valence-corrected chi connectivity index (χ0v) is 16.3. The van der Waals surface area contributed by atoms with Crippen molar-refractivity contribution in [1.29, 1.82) is 0 Å². The highest BCUT2D eigenvalue weighted by Gasteiger charge is 2.33. The van der Waals surface area contributed by atoms with E-state index in [2.05, 4.69) is 41.3 Å². The average molecular weight is 369 g/mol. The van der Waals surface area contributed by atoms with Crippen molar-refractivity contribution >= 4 is 33.6 Å². The lowest BCUT2D eigenvalue weighted by Crippen LogP contribution is -2.28. The van der Waals surface area contributed by atoms with Crippen molar-refractivity contribution in [2.75, 3.05) is 5.43 Å². The van der Waals surface area contributed by atoms with Gasteiger partial charge in [0.15, 0.2) is 5.82 Å². The molecule has 4 rings (SSSR count). The Kier molecular flexibility index (Phi) is 4.53. The monoisotopic (exact) mass is 368 g/mol. The van der Waals surface area contributed by atoms with E-state index < -0.39 is 0 Å². The van der Waals surface area contributed by atoms with Crippen LogP contribution in [0, 0.1) is 11.3 Å². The molecule has 26 heavy (non-hydrogen) atoms. The number of nitrogens with zero attached hydrogens (tertiary/aromatic N) is 3. The minimum atomic E-state index is 0.354. The highest BCUT2D eigenvalue weighted by molar-refractivity contribution is 7.19. The fourth-order valence-corrected chi connectivity index (χ4v) is 4.85. The number of hydrogen-bond acceptors (Lipinski definition) is 6. The van der Waals surface area contributed by atoms with Crippen LogP contribution in [0.2, 0.25) is 0 Å². The maximum Gasteiger partial charge on any atom is 0.158 e. The summed E-state index contributed by atoms with van der Waals surface area (Å²) in [5, 5.41) is 5.43. The van der Waals surface area contributed by atoms with Gasteiger partial charge in [-0.25, -0.2) is 9.97 Å². The topological polar surface area (TPSA) is 63.3 Å². The first-order chi connectivity index (χ1) is 12.6. The molecule has 5 nitrogen and oxygen atoms in total.